The van der Waals surface area contributed by atoms with Crippen molar-refractivity contribution >= 4 is 15.9 Å². The van der Waals surface area contributed by atoms with E-state index in [0.29, 0.717) is 6.04 Å². The summed E-state index contributed by atoms with van der Waals surface area (Å²) in [5.74, 6) is 1.11. The molecular formula is C14H18BrN3. The number of nitrogens with zero attached hydrogens (tertiary/aromatic N) is 2. The monoisotopic (exact) mass is 307 g/mol. The van der Waals surface area contributed by atoms with Gasteiger partial charge in [-0.3, -0.25) is 0 Å². The average molecular weight is 308 g/mol. The minimum Gasteiger partial charge on any atom is -0.338 e. The Hall–Kier alpha value is -1.13. The predicted molar refractivity (Wildman–Crippen MR) is 77.6 cm³/mol. The third-order valence-electron chi connectivity index (χ3n) is 3.18. The predicted octanol–water partition coefficient (Wildman–Crippen LogP) is 2.56. The Bertz CT molecular complexity index is 507. The highest BCUT2D eigenvalue weighted by Gasteiger charge is 2.12. The quantitative estimate of drug-likeness (QED) is 0.920. The molecule has 18 heavy (non-hydrogen) atoms. The molecule has 0 saturated carbocycles. The highest BCUT2D eigenvalue weighted by molar-refractivity contribution is 9.10. The lowest BCUT2D eigenvalue weighted by atomic mass is 10.0. The van der Waals surface area contributed by atoms with Crippen LogP contribution in [0.25, 0.3) is 0 Å². The van der Waals surface area contributed by atoms with Crippen molar-refractivity contribution in [3.05, 3.63) is 52.5 Å². The summed E-state index contributed by atoms with van der Waals surface area (Å²) in [6.45, 7) is 0. The lowest BCUT2D eigenvalue weighted by molar-refractivity contribution is 0.533. The second-order valence-corrected chi connectivity index (χ2v) is 5.29. The van der Waals surface area contributed by atoms with E-state index in [-0.39, 0.29) is 0 Å². The number of hydrogen-bond acceptors (Lipinski definition) is 2. The molecule has 0 amide bonds. The van der Waals surface area contributed by atoms with Crippen LogP contribution in [0.4, 0.5) is 0 Å². The number of rotatable bonds is 5. The number of imidazole rings is 1. The first-order chi connectivity index (χ1) is 8.70. The van der Waals surface area contributed by atoms with Crippen molar-refractivity contribution in [2.75, 3.05) is 7.05 Å². The molecule has 1 N–H and O–H groups in total. The second-order valence-electron chi connectivity index (χ2n) is 4.44. The van der Waals surface area contributed by atoms with Crippen LogP contribution in [-0.4, -0.2) is 22.6 Å². The Morgan fingerprint density at radius 1 is 1.33 bits per heavy atom. The number of aryl methyl sites for hydroxylation is 1. The molecule has 1 heterocycles. The molecule has 1 aromatic heterocycles. The zero-order valence-electron chi connectivity index (χ0n) is 10.7. The van der Waals surface area contributed by atoms with Crippen LogP contribution in [0.5, 0.6) is 0 Å². The summed E-state index contributed by atoms with van der Waals surface area (Å²) in [4.78, 5) is 4.38. The van der Waals surface area contributed by atoms with E-state index in [9.17, 15) is 0 Å². The Morgan fingerprint density at radius 2 is 2.11 bits per heavy atom. The molecule has 0 radical (unpaired) electrons. The third-order valence-corrected chi connectivity index (χ3v) is 3.96. The fourth-order valence-electron chi connectivity index (χ4n) is 2.02. The van der Waals surface area contributed by atoms with E-state index in [0.717, 1.165) is 18.7 Å². The fourth-order valence-corrected chi connectivity index (χ4v) is 2.47. The Morgan fingerprint density at radius 3 is 2.72 bits per heavy atom. The number of hydrogen-bond donors (Lipinski definition) is 1. The van der Waals surface area contributed by atoms with E-state index < -0.39 is 0 Å². The molecule has 0 saturated heterocycles. The molecule has 3 nitrogen and oxygen atoms in total. The normalized spacial score (nSPS) is 12.6. The molecule has 0 aliphatic carbocycles. The minimum absolute atomic E-state index is 0.393. The van der Waals surface area contributed by atoms with Crippen LogP contribution >= 0.6 is 15.9 Å². The van der Waals surface area contributed by atoms with Crippen LogP contribution in [0, 0.1) is 0 Å². The van der Waals surface area contributed by atoms with Crippen molar-refractivity contribution < 1.29 is 0 Å². The molecule has 0 spiro atoms. The molecule has 2 rings (SSSR count). The van der Waals surface area contributed by atoms with E-state index >= 15 is 0 Å². The van der Waals surface area contributed by atoms with Gasteiger partial charge in [-0.25, -0.2) is 4.98 Å². The van der Waals surface area contributed by atoms with Gasteiger partial charge in [-0.1, -0.05) is 34.1 Å². The fraction of sp³-hybridized carbons (Fsp3) is 0.357. The molecule has 0 bridgehead atoms. The largest absolute Gasteiger partial charge is 0.338 e. The van der Waals surface area contributed by atoms with Gasteiger partial charge in [-0.15, -0.1) is 0 Å². The SMILES string of the molecule is CNC(Cc1ccccc1Br)Cc1nccn1C. The number of benzene rings is 1. The van der Waals surface area contributed by atoms with Gasteiger partial charge >= 0.3 is 0 Å². The number of halogens is 1. The summed E-state index contributed by atoms with van der Waals surface area (Å²) in [5, 5.41) is 3.37. The van der Waals surface area contributed by atoms with Crippen molar-refractivity contribution in [1.29, 1.82) is 0 Å². The lowest BCUT2D eigenvalue weighted by Crippen LogP contribution is -2.31. The molecule has 1 atom stereocenters. The van der Waals surface area contributed by atoms with Crippen molar-refractivity contribution in [1.82, 2.24) is 14.9 Å². The highest BCUT2D eigenvalue weighted by Crippen LogP contribution is 2.18. The van der Waals surface area contributed by atoms with E-state index in [1.165, 1.54) is 10.0 Å². The van der Waals surface area contributed by atoms with Gasteiger partial charge in [0.05, 0.1) is 0 Å². The highest BCUT2D eigenvalue weighted by atomic mass is 79.9. The standard InChI is InChI=1S/C14H18BrN3/c1-16-12(10-14-17-7-8-18(14)2)9-11-5-3-4-6-13(11)15/h3-8,12,16H,9-10H2,1-2H3. The van der Waals surface area contributed by atoms with Gasteiger partial charge in [0, 0.05) is 36.4 Å². The number of nitrogens with one attached hydrogen (secondary N) is 1. The zero-order chi connectivity index (χ0) is 13.0. The van der Waals surface area contributed by atoms with Crippen molar-refractivity contribution in [2.45, 2.75) is 18.9 Å². The summed E-state index contributed by atoms with van der Waals surface area (Å²) in [7, 11) is 4.04. The van der Waals surface area contributed by atoms with Crippen LogP contribution in [0.2, 0.25) is 0 Å². The first-order valence-electron chi connectivity index (χ1n) is 6.07. The van der Waals surface area contributed by atoms with Gasteiger partial charge in [0.25, 0.3) is 0 Å². The van der Waals surface area contributed by atoms with Crippen molar-refractivity contribution in [3.63, 3.8) is 0 Å². The minimum atomic E-state index is 0.393. The number of likely N-dealkylation sites (N-methyl/N-ethyl adjacent to an activating group) is 1. The summed E-state index contributed by atoms with van der Waals surface area (Å²) in [6.07, 6.45) is 5.76. The van der Waals surface area contributed by atoms with Crippen LogP contribution in [-0.2, 0) is 19.9 Å². The summed E-state index contributed by atoms with van der Waals surface area (Å²) in [6, 6.07) is 8.76. The lowest BCUT2D eigenvalue weighted by Gasteiger charge is -2.16. The second kappa shape index (κ2) is 6.16. The molecule has 0 fully saturated rings. The average Bonchev–Trinajstić information content (AvgIpc) is 2.77. The Kier molecular flexibility index (Phi) is 4.55. The maximum atomic E-state index is 4.38. The van der Waals surface area contributed by atoms with Gasteiger partial charge in [0.2, 0.25) is 0 Å². The molecule has 1 unspecified atom stereocenters. The first kappa shape index (κ1) is 13.3. The topological polar surface area (TPSA) is 29.9 Å². The molecular weight excluding hydrogens is 290 g/mol. The van der Waals surface area contributed by atoms with Crippen LogP contribution in [0.1, 0.15) is 11.4 Å². The van der Waals surface area contributed by atoms with Crippen LogP contribution < -0.4 is 5.32 Å². The molecule has 2 aromatic rings. The molecule has 1 aromatic carbocycles. The van der Waals surface area contributed by atoms with E-state index in [4.69, 9.17) is 0 Å². The van der Waals surface area contributed by atoms with Crippen molar-refractivity contribution in [3.8, 4) is 0 Å². The van der Waals surface area contributed by atoms with Gasteiger partial charge in [0.1, 0.15) is 5.82 Å². The van der Waals surface area contributed by atoms with Crippen LogP contribution in [0.3, 0.4) is 0 Å². The Labute approximate surface area is 116 Å². The summed E-state index contributed by atoms with van der Waals surface area (Å²) >= 11 is 3.60. The van der Waals surface area contributed by atoms with E-state index in [1.807, 2.05) is 32.6 Å². The van der Waals surface area contributed by atoms with E-state index in [1.54, 1.807) is 0 Å². The zero-order valence-corrected chi connectivity index (χ0v) is 12.3. The maximum absolute atomic E-state index is 4.38. The van der Waals surface area contributed by atoms with Gasteiger partial charge in [-0.05, 0) is 25.1 Å². The van der Waals surface area contributed by atoms with E-state index in [2.05, 4.69) is 49.0 Å². The molecule has 0 aliphatic rings. The molecule has 4 heteroatoms. The third kappa shape index (κ3) is 3.21. The summed E-state index contributed by atoms with van der Waals surface area (Å²) in [5.41, 5.74) is 1.33. The number of aromatic nitrogens is 2. The van der Waals surface area contributed by atoms with Gasteiger partial charge in [0.15, 0.2) is 0 Å². The molecule has 96 valence electrons. The smallest absolute Gasteiger partial charge is 0.109 e. The maximum Gasteiger partial charge on any atom is 0.109 e. The van der Waals surface area contributed by atoms with Crippen LogP contribution in [0.15, 0.2) is 41.1 Å². The summed E-state index contributed by atoms with van der Waals surface area (Å²) < 4.78 is 3.25. The van der Waals surface area contributed by atoms with Gasteiger partial charge in [-0.2, -0.15) is 0 Å². The van der Waals surface area contributed by atoms with Crippen molar-refractivity contribution in [2.24, 2.45) is 7.05 Å². The first-order valence-corrected chi connectivity index (χ1v) is 6.87. The van der Waals surface area contributed by atoms with Gasteiger partial charge < -0.3 is 9.88 Å². The Balaban J connectivity index is 2.06. The molecule has 0 aliphatic heterocycles.